The highest BCUT2D eigenvalue weighted by atomic mass is 16.1. The lowest BCUT2D eigenvalue weighted by molar-refractivity contribution is -0.119. The van der Waals surface area contributed by atoms with Crippen LogP contribution in [0, 0.1) is 5.92 Å². The third-order valence-corrected chi connectivity index (χ3v) is 2.91. The second kappa shape index (κ2) is 7.07. The first-order valence-corrected chi connectivity index (χ1v) is 6.31. The van der Waals surface area contributed by atoms with E-state index in [-0.39, 0.29) is 11.8 Å². The van der Waals surface area contributed by atoms with Crippen molar-refractivity contribution in [3.8, 4) is 0 Å². The van der Waals surface area contributed by atoms with Crippen LogP contribution in [-0.2, 0) is 11.2 Å². The number of carbonyl (C=O) groups is 1. The Kier molecular flexibility index (Phi) is 5.70. The summed E-state index contributed by atoms with van der Waals surface area (Å²) >= 11 is 0. The highest BCUT2D eigenvalue weighted by molar-refractivity contribution is 5.92. The van der Waals surface area contributed by atoms with Gasteiger partial charge in [0.25, 0.3) is 0 Å². The Hall–Kier alpha value is -1.35. The third-order valence-electron chi connectivity index (χ3n) is 2.91. The molecule has 3 nitrogen and oxygen atoms in total. The highest BCUT2D eigenvalue weighted by Crippen LogP contribution is 2.13. The van der Waals surface area contributed by atoms with Gasteiger partial charge in [0.2, 0.25) is 5.91 Å². The van der Waals surface area contributed by atoms with Crippen LogP contribution in [0.25, 0.3) is 0 Å². The molecule has 1 rings (SSSR count). The van der Waals surface area contributed by atoms with Crippen LogP contribution in [0.5, 0.6) is 0 Å². The summed E-state index contributed by atoms with van der Waals surface area (Å²) in [7, 11) is 0. The maximum absolute atomic E-state index is 11.8. The van der Waals surface area contributed by atoms with Gasteiger partial charge in [-0.15, -0.1) is 0 Å². The molecule has 0 aliphatic carbocycles. The second-order valence-corrected chi connectivity index (χ2v) is 4.28. The average molecular weight is 234 g/mol. The number of nitrogens with two attached hydrogens (primary N) is 1. The molecule has 0 radical (unpaired) electrons. The number of benzene rings is 1. The van der Waals surface area contributed by atoms with Crippen LogP contribution in [0.15, 0.2) is 24.3 Å². The maximum Gasteiger partial charge on any atom is 0.228 e. The van der Waals surface area contributed by atoms with E-state index in [1.807, 2.05) is 19.1 Å². The zero-order chi connectivity index (χ0) is 12.7. The van der Waals surface area contributed by atoms with Crippen molar-refractivity contribution in [2.24, 2.45) is 11.7 Å². The molecule has 0 aliphatic rings. The molecule has 0 aliphatic heterocycles. The Labute approximate surface area is 103 Å². The Morgan fingerprint density at radius 3 is 2.41 bits per heavy atom. The minimum atomic E-state index is -0.0923. The van der Waals surface area contributed by atoms with Gasteiger partial charge in [-0.3, -0.25) is 4.79 Å². The predicted molar refractivity (Wildman–Crippen MR) is 71.9 cm³/mol. The number of rotatable bonds is 6. The SMILES string of the molecule is CCCc1ccc(NC(=O)C(CC)CN)cc1. The molecule has 3 N–H and O–H groups in total. The molecule has 0 saturated carbocycles. The molecule has 3 heteroatoms. The molecule has 0 fully saturated rings. The van der Waals surface area contributed by atoms with Gasteiger partial charge in [-0.2, -0.15) is 0 Å². The van der Waals surface area contributed by atoms with E-state index >= 15 is 0 Å². The minimum Gasteiger partial charge on any atom is -0.330 e. The number of hydrogen-bond acceptors (Lipinski definition) is 2. The number of amides is 1. The van der Waals surface area contributed by atoms with E-state index in [4.69, 9.17) is 5.73 Å². The number of nitrogens with one attached hydrogen (secondary N) is 1. The number of hydrogen-bond donors (Lipinski definition) is 2. The predicted octanol–water partition coefficient (Wildman–Crippen LogP) is 2.56. The first-order valence-electron chi connectivity index (χ1n) is 6.31. The lowest BCUT2D eigenvalue weighted by Crippen LogP contribution is -2.28. The fourth-order valence-electron chi connectivity index (χ4n) is 1.75. The molecular formula is C14H22N2O. The molecule has 0 saturated heterocycles. The van der Waals surface area contributed by atoms with Gasteiger partial charge in [0, 0.05) is 12.2 Å². The summed E-state index contributed by atoms with van der Waals surface area (Å²) in [6.45, 7) is 4.53. The van der Waals surface area contributed by atoms with Crippen molar-refractivity contribution in [1.29, 1.82) is 0 Å². The fourth-order valence-corrected chi connectivity index (χ4v) is 1.75. The van der Waals surface area contributed by atoms with Gasteiger partial charge in [-0.1, -0.05) is 32.4 Å². The largest absolute Gasteiger partial charge is 0.330 e. The zero-order valence-electron chi connectivity index (χ0n) is 10.7. The average Bonchev–Trinajstić information content (AvgIpc) is 2.33. The summed E-state index contributed by atoms with van der Waals surface area (Å²) in [6.07, 6.45) is 2.99. The topological polar surface area (TPSA) is 55.1 Å². The molecule has 0 spiro atoms. The van der Waals surface area contributed by atoms with Gasteiger partial charge in [0.1, 0.15) is 0 Å². The van der Waals surface area contributed by atoms with Crippen LogP contribution >= 0.6 is 0 Å². The van der Waals surface area contributed by atoms with Crippen LogP contribution < -0.4 is 11.1 Å². The van der Waals surface area contributed by atoms with Crippen molar-refractivity contribution in [2.75, 3.05) is 11.9 Å². The zero-order valence-corrected chi connectivity index (χ0v) is 10.7. The summed E-state index contributed by atoms with van der Waals surface area (Å²) in [5.74, 6) is -0.0800. The molecular weight excluding hydrogens is 212 g/mol. The molecule has 0 aromatic heterocycles. The molecule has 94 valence electrons. The molecule has 1 aromatic rings. The minimum absolute atomic E-state index is 0.0123. The van der Waals surface area contributed by atoms with E-state index in [0.29, 0.717) is 6.54 Å². The number of anilines is 1. The summed E-state index contributed by atoms with van der Waals surface area (Å²) in [5, 5.41) is 2.89. The van der Waals surface area contributed by atoms with Crippen molar-refractivity contribution < 1.29 is 4.79 Å². The fraction of sp³-hybridized carbons (Fsp3) is 0.500. The summed E-state index contributed by atoms with van der Waals surface area (Å²) in [4.78, 5) is 11.8. The van der Waals surface area contributed by atoms with E-state index < -0.39 is 0 Å². The summed E-state index contributed by atoms with van der Waals surface area (Å²) in [6, 6.07) is 8.02. The Balaban J connectivity index is 2.59. The van der Waals surface area contributed by atoms with Crippen molar-refractivity contribution in [3.63, 3.8) is 0 Å². The van der Waals surface area contributed by atoms with Crippen LogP contribution in [0.4, 0.5) is 5.69 Å². The lowest BCUT2D eigenvalue weighted by Gasteiger charge is -2.12. The third kappa shape index (κ3) is 4.19. The van der Waals surface area contributed by atoms with E-state index in [0.717, 1.165) is 24.9 Å². The van der Waals surface area contributed by atoms with Crippen LogP contribution in [0.2, 0.25) is 0 Å². The monoisotopic (exact) mass is 234 g/mol. The number of carbonyl (C=O) groups excluding carboxylic acids is 1. The van der Waals surface area contributed by atoms with Gasteiger partial charge >= 0.3 is 0 Å². The van der Waals surface area contributed by atoms with Crippen molar-refractivity contribution in [2.45, 2.75) is 33.1 Å². The molecule has 0 heterocycles. The summed E-state index contributed by atoms with van der Waals surface area (Å²) in [5.41, 5.74) is 7.69. The quantitative estimate of drug-likeness (QED) is 0.794. The number of aryl methyl sites for hydroxylation is 1. The van der Waals surface area contributed by atoms with Gasteiger partial charge in [0.15, 0.2) is 0 Å². The summed E-state index contributed by atoms with van der Waals surface area (Å²) < 4.78 is 0. The van der Waals surface area contributed by atoms with Crippen LogP contribution in [-0.4, -0.2) is 12.5 Å². The molecule has 1 unspecified atom stereocenters. The molecule has 17 heavy (non-hydrogen) atoms. The first kappa shape index (κ1) is 13.7. The molecule has 0 bridgehead atoms. The molecule has 1 aromatic carbocycles. The first-order chi connectivity index (χ1) is 8.21. The van der Waals surface area contributed by atoms with Gasteiger partial charge in [-0.25, -0.2) is 0 Å². The van der Waals surface area contributed by atoms with E-state index in [1.54, 1.807) is 0 Å². The van der Waals surface area contributed by atoms with Crippen molar-refractivity contribution >= 4 is 11.6 Å². The van der Waals surface area contributed by atoms with Crippen molar-refractivity contribution in [3.05, 3.63) is 29.8 Å². The molecule has 1 amide bonds. The van der Waals surface area contributed by atoms with E-state index in [2.05, 4.69) is 24.4 Å². The van der Waals surface area contributed by atoms with Gasteiger partial charge in [-0.05, 0) is 30.5 Å². The maximum atomic E-state index is 11.8. The van der Waals surface area contributed by atoms with E-state index in [1.165, 1.54) is 5.56 Å². The van der Waals surface area contributed by atoms with E-state index in [9.17, 15) is 4.79 Å². The lowest BCUT2D eigenvalue weighted by atomic mass is 10.1. The Morgan fingerprint density at radius 2 is 1.94 bits per heavy atom. The van der Waals surface area contributed by atoms with Crippen LogP contribution in [0.1, 0.15) is 32.3 Å². The Morgan fingerprint density at radius 1 is 1.29 bits per heavy atom. The normalized spacial score (nSPS) is 12.2. The van der Waals surface area contributed by atoms with Gasteiger partial charge < -0.3 is 11.1 Å². The Bertz CT molecular complexity index is 342. The smallest absolute Gasteiger partial charge is 0.228 e. The second-order valence-electron chi connectivity index (χ2n) is 4.28. The van der Waals surface area contributed by atoms with Gasteiger partial charge in [0.05, 0.1) is 5.92 Å². The standard InChI is InChI=1S/C14H22N2O/c1-3-5-11-6-8-13(9-7-11)16-14(17)12(4-2)10-15/h6-9,12H,3-5,10,15H2,1-2H3,(H,16,17). The van der Waals surface area contributed by atoms with Crippen LogP contribution in [0.3, 0.4) is 0 Å². The highest BCUT2D eigenvalue weighted by Gasteiger charge is 2.14. The molecule has 1 atom stereocenters. The van der Waals surface area contributed by atoms with Crippen molar-refractivity contribution in [1.82, 2.24) is 0 Å².